The molecule has 0 unspecified atom stereocenters. The van der Waals surface area contributed by atoms with Crippen molar-refractivity contribution in [3.63, 3.8) is 0 Å². The number of carbonyl (C=O) groups excluding carboxylic acids is 1. The lowest BCUT2D eigenvalue weighted by Gasteiger charge is -2.11. The van der Waals surface area contributed by atoms with Crippen LogP contribution in [0.25, 0.3) is 11.0 Å². The summed E-state index contributed by atoms with van der Waals surface area (Å²) >= 11 is 1.11. The third-order valence-electron chi connectivity index (χ3n) is 4.25. The van der Waals surface area contributed by atoms with Gasteiger partial charge in [0.15, 0.2) is 5.52 Å². The summed E-state index contributed by atoms with van der Waals surface area (Å²) in [5.74, 6) is -0.278. The monoisotopic (exact) mass is 356 g/mol. The summed E-state index contributed by atoms with van der Waals surface area (Å²) in [4.78, 5) is 37.5. The van der Waals surface area contributed by atoms with Gasteiger partial charge in [-0.05, 0) is 29.9 Å². The zero-order valence-corrected chi connectivity index (χ0v) is 14.2. The number of fused-ring (bicyclic) bond motifs is 1. The second-order valence-electron chi connectivity index (χ2n) is 6.09. The highest BCUT2D eigenvalue weighted by atomic mass is 32.1. The van der Waals surface area contributed by atoms with E-state index in [1.807, 2.05) is 30.3 Å². The molecule has 0 spiro atoms. The average Bonchev–Trinajstić information content (AvgIpc) is 3.32. The number of hydrogen-bond acceptors (Lipinski definition) is 5. The minimum absolute atomic E-state index is 0.0651. The molecule has 1 saturated carbocycles. The summed E-state index contributed by atoms with van der Waals surface area (Å²) in [6.45, 7) is 0.259. The molecule has 1 aliphatic rings. The van der Waals surface area contributed by atoms with E-state index in [0.29, 0.717) is 12.1 Å². The Morgan fingerprint density at radius 1 is 1.24 bits per heavy atom. The van der Waals surface area contributed by atoms with E-state index >= 15 is 0 Å². The Morgan fingerprint density at radius 2 is 2.00 bits per heavy atom. The average molecular weight is 356 g/mol. The largest absolute Gasteiger partial charge is 0.350 e. The number of rotatable bonds is 5. The van der Waals surface area contributed by atoms with E-state index in [1.165, 1.54) is 9.13 Å². The molecule has 0 aliphatic heterocycles. The first kappa shape index (κ1) is 15.8. The van der Waals surface area contributed by atoms with Crippen molar-refractivity contribution in [2.45, 2.75) is 32.0 Å². The predicted molar refractivity (Wildman–Crippen MR) is 94.7 cm³/mol. The Hall–Kier alpha value is -2.74. The first-order chi connectivity index (χ1) is 12.1. The number of nitrogens with zero attached hydrogens (tertiary/aromatic N) is 3. The van der Waals surface area contributed by atoms with Crippen LogP contribution in [0.3, 0.4) is 0 Å². The maximum atomic E-state index is 12.7. The molecule has 2 aromatic heterocycles. The molecule has 0 saturated heterocycles. The standard InChI is InChI=1S/C17H16N4O3S/c22-14(18-8-11-4-2-1-3-5-11)9-20-13-10-25-19-15(13)16(23)21(17(20)24)12-6-7-12/h1-5,10,12H,6-9H2,(H,18,22). The molecule has 7 nitrogen and oxygen atoms in total. The van der Waals surface area contributed by atoms with Gasteiger partial charge in [0.2, 0.25) is 5.91 Å². The summed E-state index contributed by atoms with van der Waals surface area (Å²) < 4.78 is 6.70. The molecule has 1 amide bonds. The number of carbonyl (C=O) groups is 1. The van der Waals surface area contributed by atoms with Gasteiger partial charge in [-0.2, -0.15) is 4.37 Å². The maximum Gasteiger partial charge on any atom is 0.332 e. The molecular weight excluding hydrogens is 340 g/mol. The summed E-state index contributed by atoms with van der Waals surface area (Å²) in [6, 6.07) is 9.48. The first-order valence-electron chi connectivity index (χ1n) is 8.05. The van der Waals surface area contributed by atoms with Gasteiger partial charge in [0.25, 0.3) is 5.56 Å². The fourth-order valence-corrected chi connectivity index (χ4v) is 3.48. The second kappa shape index (κ2) is 6.29. The van der Waals surface area contributed by atoms with Crippen molar-refractivity contribution in [2.75, 3.05) is 0 Å². The third kappa shape index (κ3) is 3.00. The van der Waals surface area contributed by atoms with Crippen LogP contribution in [0, 0.1) is 0 Å². The van der Waals surface area contributed by atoms with E-state index in [-0.39, 0.29) is 29.6 Å². The summed E-state index contributed by atoms with van der Waals surface area (Å²) in [5, 5.41) is 4.45. The van der Waals surface area contributed by atoms with Crippen molar-refractivity contribution in [1.29, 1.82) is 0 Å². The van der Waals surface area contributed by atoms with Gasteiger partial charge >= 0.3 is 5.69 Å². The fraction of sp³-hybridized carbons (Fsp3) is 0.294. The predicted octanol–water partition coefficient (Wildman–Crippen LogP) is 1.27. The van der Waals surface area contributed by atoms with Gasteiger partial charge in [0.1, 0.15) is 6.54 Å². The SMILES string of the molecule is O=C(Cn1c(=O)n(C2CC2)c(=O)c2nscc21)NCc1ccccc1. The Morgan fingerprint density at radius 3 is 2.72 bits per heavy atom. The fourth-order valence-electron chi connectivity index (χ4n) is 2.81. The van der Waals surface area contributed by atoms with Crippen LogP contribution < -0.4 is 16.6 Å². The summed E-state index contributed by atoms with van der Waals surface area (Å²) in [6.07, 6.45) is 1.62. The molecule has 0 radical (unpaired) electrons. The van der Waals surface area contributed by atoms with Crippen molar-refractivity contribution >= 4 is 28.5 Å². The zero-order valence-electron chi connectivity index (χ0n) is 13.3. The van der Waals surface area contributed by atoms with Crippen LogP contribution in [0.5, 0.6) is 0 Å². The van der Waals surface area contributed by atoms with Gasteiger partial charge in [-0.3, -0.25) is 18.7 Å². The van der Waals surface area contributed by atoms with Gasteiger partial charge in [0, 0.05) is 18.0 Å². The minimum atomic E-state index is -0.435. The molecule has 3 aromatic rings. The molecular formula is C17H16N4O3S. The molecule has 1 N–H and O–H groups in total. The van der Waals surface area contributed by atoms with Gasteiger partial charge < -0.3 is 5.32 Å². The minimum Gasteiger partial charge on any atom is -0.350 e. The maximum absolute atomic E-state index is 12.7. The molecule has 1 aromatic carbocycles. The van der Waals surface area contributed by atoms with Gasteiger partial charge in [-0.15, -0.1) is 0 Å². The Balaban J connectivity index is 1.63. The quantitative estimate of drug-likeness (QED) is 0.746. The Kier molecular flexibility index (Phi) is 3.96. The Labute approximate surface area is 146 Å². The topological polar surface area (TPSA) is 86.0 Å². The third-order valence-corrected chi connectivity index (χ3v) is 4.86. The summed E-state index contributed by atoms with van der Waals surface area (Å²) in [7, 11) is 0. The summed E-state index contributed by atoms with van der Waals surface area (Å²) in [5.41, 5.74) is 0.868. The first-order valence-corrected chi connectivity index (χ1v) is 8.89. The lowest BCUT2D eigenvalue weighted by Crippen LogP contribution is -2.42. The second-order valence-corrected chi connectivity index (χ2v) is 6.71. The molecule has 0 bridgehead atoms. The van der Waals surface area contributed by atoms with Crippen LogP contribution in [-0.2, 0) is 17.9 Å². The number of aromatic nitrogens is 3. The molecule has 8 heteroatoms. The highest BCUT2D eigenvalue weighted by Crippen LogP contribution is 2.32. The number of hydrogen-bond donors (Lipinski definition) is 1. The molecule has 1 aliphatic carbocycles. The van der Waals surface area contributed by atoms with Crippen LogP contribution in [0.15, 0.2) is 45.3 Å². The lowest BCUT2D eigenvalue weighted by atomic mass is 10.2. The van der Waals surface area contributed by atoms with E-state index in [0.717, 1.165) is 29.9 Å². The highest BCUT2D eigenvalue weighted by Gasteiger charge is 2.29. The lowest BCUT2D eigenvalue weighted by molar-refractivity contribution is -0.121. The van der Waals surface area contributed by atoms with Gasteiger partial charge in [0.05, 0.1) is 5.52 Å². The van der Waals surface area contributed by atoms with Crippen molar-refractivity contribution in [3.8, 4) is 0 Å². The molecule has 0 atom stereocenters. The number of benzene rings is 1. The van der Waals surface area contributed by atoms with E-state index in [4.69, 9.17) is 0 Å². The molecule has 128 valence electrons. The van der Waals surface area contributed by atoms with E-state index in [1.54, 1.807) is 5.38 Å². The number of amides is 1. The number of nitrogens with one attached hydrogen (secondary N) is 1. The van der Waals surface area contributed by atoms with Crippen molar-refractivity contribution in [2.24, 2.45) is 0 Å². The van der Waals surface area contributed by atoms with Gasteiger partial charge in [-0.1, -0.05) is 30.3 Å². The van der Waals surface area contributed by atoms with Crippen molar-refractivity contribution < 1.29 is 4.79 Å². The van der Waals surface area contributed by atoms with Gasteiger partial charge in [-0.25, -0.2) is 4.79 Å². The van der Waals surface area contributed by atoms with E-state index in [2.05, 4.69) is 9.69 Å². The van der Waals surface area contributed by atoms with Crippen LogP contribution >= 0.6 is 11.5 Å². The van der Waals surface area contributed by atoms with Crippen LogP contribution in [0.4, 0.5) is 0 Å². The van der Waals surface area contributed by atoms with Crippen LogP contribution in [0.1, 0.15) is 24.4 Å². The molecule has 1 fully saturated rings. The van der Waals surface area contributed by atoms with Crippen LogP contribution in [-0.4, -0.2) is 19.4 Å². The zero-order chi connectivity index (χ0) is 17.4. The molecule has 4 rings (SSSR count). The van der Waals surface area contributed by atoms with Crippen LogP contribution in [0.2, 0.25) is 0 Å². The smallest absolute Gasteiger partial charge is 0.332 e. The Bertz CT molecular complexity index is 1050. The van der Waals surface area contributed by atoms with E-state index in [9.17, 15) is 14.4 Å². The molecule has 25 heavy (non-hydrogen) atoms. The van der Waals surface area contributed by atoms with Crippen molar-refractivity contribution in [1.82, 2.24) is 18.8 Å². The molecule has 2 heterocycles. The van der Waals surface area contributed by atoms with Crippen molar-refractivity contribution in [3.05, 3.63) is 62.1 Å². The normalized spacial score (nSPS) is 13.9. The highest BCUT2D eigenvalue weighted by molar-refractivity contribution is 7.04. The van der Waals surface area contributed by atoms with E-state index < -0.39 is 5.69 Å².